The third-order valence-electron chi connectivity index (χ3n) is 6.60. The molecular weight excluding hydrogens is 418 g/mol. The molecular formula is C25H33N5O3. The summed E-state index contributed by atoms with van der Waals surface area (Å²) in [6, 6.07) is 4.28. The SMILES string of the molecule is CCOc1nc(C)cc2cc(-c3c(C)nc(NCC4CC4)nc3NC3CC[C@@H](CO)C3)oc12. The summed E-state index contributed by atoms with van der Waals surface area (Å²) < 4.78 is 12.0. The van der Waals surface area contributed by atoms with Gasteiger partial charge < -0.3 is 24.9 Å². The molecule has 0 aromatic carbocycles. The topological polar surface area (TPSA) is 105 Å². The first-order valence-corrected chi connectivity index (χ1v) is 12.1. The number of aromatic nitrogens is 3. The van der Waals surface area contributed by atoms with Crippen molar-refractivity contribution in [3.63, 3.8) is 0 Å². The number of rotatable bonds is 9. The standard InChI is InChI=1S/C25H33N5O3/c1-4-32-24-22-18(9-14(2)27-24)11-20(33-22)21-15(3)28-25(26-12-16-5-6-16)30-23(21)29-19-8-7-17(10-19)13-31/h9,11,16-17,19,31H,4-8,10,12-13H2,1-3H3,(H2,26,28,29,30)/t17-,19?/m1/s1. The van der Waals surface area contributed by atoms with Gasteiger partial charge >= 0.3 is 0 Å². The molecule has 2 fully saturated rings. The third-order valence-corrected chi connectivity index (χ3v) is 6.60. The molecule has 5 rings (SSSR count). The number of furan rings is 1. The van der Waals surface area contributed by atoms with E-state index in [-0.39, 0.29) is 12.6 Å². The number of ether oxygens (including phenoxy) is 1. The summed E-state index contributed by atoms with van der Waals surface area (Å²) in [6.07, 6.45) is 5.51. The Morgan fingerprint density at radius 3 is 2.64 bits per heavy atom. The van der Waals surface area contributed by atoms with Gasteiger partial charge in [0.25, 0.3) is 5.88 Å². The van der Waals surface area contributed by atoms with Crippen LogP contribution in [0.15, 0.2) is 16.5 Å². The van der Waals surface area contributed by atoms with Crippen LogP contribution in [-0.4, -0.2) is 45.9 Å². The van der Waals surface area contributed by atoms with E-state index in [4.69, 9.17) is 19.1 Å². The molecule has 33 heavy (non-hydrogen) atoms. The van der Waals surface area contributed by atoms with E-state index in [9.17, 15) is 5.11 Å². The molecule has 8 heteroatoms. The molecule has 3 aromatic rings. The van der Waals surface area contributed by atoms with Crippen LogP contribution >= 0.6 is 0 Å². The highest BCUT2D eigenvalue weighted by Gasteiger charge is 2.27. The Kier molecular flexibility index (Phi) is 6.10. The van der Waals surface area contributed by atoms with Gasteiger partial charge in [0, 0.05) is 30.3 Å². The average Bonchev–Trinajstić information content (AvgIpc) is 3.35. The number of aliphatic hydroxyl groups excluding tert-OH is 1. The number of hydrogen-bond donors (Lipinski definition) is 3. The molecule has 8 nitrogen and oxygen atoms in total. The van der Waals surface area contributed by atoms with Crippen molar-refractivity contribution in [3.05, 3.63) is 23.5 Å². The normalized spacial score (nSPS) is 20.4. The maximum atomic E-state index is 9.58. The molecule has 0 saturated heterocycles. The maximum Gasteiger partial charge on any atom is 0.258 e. The Morgan fingerprint density at radius 1 is 1.09 bits per heavy atom. The Morgan fingerprint density at radius 2 is 1.91 bits per heavy atom. The van der Waals surface area contributed by atoms with Gasteiger partial charge in [0.15, 0.2) is 5.58 Å². The molecule has 0 aliphatic heterocycles. The molecule has 0 radical (unpaired) electrons. The van der Waals surface area contributed by atoms with E-state index in [0.29, 0.717) is 35.7 Å². The molecule has 3 heterocycles. The minimum atomic E-state index is 0.234. The first-order chi connectivity index (χ1) is 16.0. The van der Waals surface area contributed by atoms with Crippen LogP contribution in [0.25, 0.3) is 22.3 Å². The van der Waals surface area contributed by atoms with Crippen molar-refractivity contribution in [3.8, 4) is 17.2 Å². The summed E-state index contributed by atoms with van der Waals surface area (Å²) in [7, 11) is 0. The number of pyridine rings is 1. The highest BCUT2D eigenvalue weighted by molar-refractivity contribution is 5.89. The summed E-state index contributed by atoms with van der Waals surface area (Å²) in [4.78, 5) is 14.1. The fourth-order valence-electron chi connectivity index (χ4n) is 4.68. The molecule has 2 aliphatic carbocycles. The Bertz CT molecular complexity index is 1140. The number of aliphatic hydroxyl groups is 1. The zero-order chi connectivity index (χ0) is 22.9. The molecule has 0 bridgehead atoms. The van der Waals surface area contributed by atoms with E-state index in [1.54, 1.807) is 0 Å². The fourth-order valence-corrected chi connectivity index (χ4v) is 4.68. The maximum absolute atomic E-state index is 9.58. The smallest absolute Gasteiger partial charge is 0.258 e. The second-order valence-electron chi connectivity index (χ2n) is 9.41. The first-order valence-electron chi connectivity index (χ1n) is 12.1. The zero-order valence-corrected chi connectivity index (χ0v) is 19.6. The summed E-state index contributed by atoms with van der Waals surface area (Å²) in [6.45, 7) is 7.55. The van der Waals surface area contributed by atoms with Gasteiger partial charge in [0.2, 0.25) is 5.95 Å². The molecule has 1 unspecified atom stereocenters. The van der Waals surface area contributed by atoms with Gasteiger partial charge in [-0.2, -0.15) is 4.98 Å². The quantitative estimate of drug-likeness (QED) is 0.430. The van der Waals surface area contributed by atoms with Crippen molar-refractivity contribution in [2.45, 2.75) is 58.9 Å². The third kappa shape index (κ3) is 4.76. The summed E-state index contributed by atoms with van der Waals surface area (Å²) in [5, 5.41) is 17.6. The van der Waals surface area contributed by atoms with Gasteiger partial charge in [-0.05, 0) is 76.8 Å². The first kappa shape index (κ1) is 21.9. The second kappa shape index (κ2) is 9.17. The molecule has 3 aromatic heterocycles. The molecule has 2 atom stereocenters. The average molecular weight is 452 g/mol. The highest BCUT2D eigenvalue weighted by atomic mass is 16.5. The van der Waals surface area contributed by atoms with Crippen molar-refractivity contribution in [2.75, 3.05) is 30.4 Å². The summed E-state index contributed by atoms with van der Waals surface area (Å²) in [5.74, 6) is 3.69. The van der Waals surface area contributed by atoms with Crippen LogP contribution in [0.3, 0.4) is 0 Å². The number of nitrogens with zero attached hydrogens (tertiary/aromatic N) is 3. The predicted octanol–water partition coefficient (Wildman–Crippen LogP) is 4.70. The summed E-state index contributed by atoms with van der Waals surface area (Å²) in [5.41, 5.74) is 3.23. The number of aryl methyl sites for hydroxylation is 2. The second-order valence-corrected chi connectivity index (χ2v) is 9.41. The number of fused-ring (bicyclic) bond motifs is 1. The van der Waals surface area contributed by atoms with Crippen LogP contribution in [0, 0.1) is 25.7 Å². The molecule has 2 aliphatic rings. The van der Waals surface area contributed by atoms with E-state index in [1.165, 1.54) is 12.8 Å². The Hall–Kier alpha value is -2.87. The van der Waals surface area contributed by atoms with Crippen LogP contribution in [0.2, 0.25) is 0 Å². The molecule has 3 N–H and O–H groups in total. The van der Waals surface area contributed by atoms with Gasteiger partial charge in [-0.3, -0.25) is 0 Å². The van der Waals surface area contributed by atoms with Crippen LogP contribution in [-0.2, 0) is 0 Å². The van der Waals surface area contributed by atoms with Crippen molar-refractivity contribution in [2.24, 2.45) is 11.8 Å². The Balaban J connectivity index is 1.54. The predicted molar refractivity (Wildman–Crippen MR) is 129 cm³/mol. The molecule has 2 saturated carbocycles. The van der Waals surface area contributed by atoms with Gasteiger partial charge in [-0.15, -0.1) is 0 Å². The molecule has 0 amide bonds. The lowest BCUT2D eigenvalue weighted by atomic mass is 10.1. The monoisotopic (exact) mass is 451 g/mol. The van der Waals surface area contributed by atoms with Crippen LogP contribution in [0.1, 0.15) is 50.4 Å². The van der Waals surface area contributed by atoms with Crippen LogP contribution in [0.5, 0.6) is 5.88 Å². The van der Waals surface area contributed by atoms with E-state index < -0.39 is 0 Å². The number of hydrogen-bond acceptors (Lipinski definition) is 8. The fraction of sp³-hybridized carbons (Fsp3) is 0.560. The lowest BCUT2D eigenvalue weighted by Gasteiger charge is -2.18. The minimum absolute atomic E-state index is 0.234. The van der Waals surface area contributed by atoms with Gasteiger partial charge in [-0.1, -0.05) is 0 Å². The number of anilines is 2. The van der Waals surface area contributed by atoms with Crippen molar-refractivity contribution in [1.82, 2.24) is 15.0 Å². The molecule has 0 spiro atoms. The largest absolute Gasteiger partial charge is 0.475 e. The van der Waals surface area contributed by atoms with Crippen LogP contribution < -0.4 is 15.4 Å². The van der Waals surface area contributed by atoms with E-state index in [0.717, 1.165) is 59.9 Å². The van der Waals surface area contributed by atoms with Gasteiger partial charge in [-0.25, -0.2) is 9.97 Å². The van der Waals surface area contributed by atoms with Crippen molar-refractivity contribution in [1.29, 1.82) is 0 Å². The van der Waals surface area contributed by atoms with E-state index in [1.807, 2.05) is 32.9 Å². The zero-order valence-electron chi connectivity index (χ0n) is 19.6. The van der Waals surface area contributed by atoms with Crippen molar-refractivity contribution < 1.29 is 14.3 Å². The van der Waals surface area contributed by atoms with E-state index in [2.05, 4.69) is 15.6 Å². The minimum Gasteiger partial charge on any atom is -0.475 e. The van der Waals surface area contributed by atoms with E-state index >= 15 is 0 Å². The van der Waals surface area contributed by atoms with Gasteiger partial charge in [0.1, 0.15) is 11.6 Å². The number of nitrogens with one attached hydrogen (secondary N) is 2. The highest BCUT2D eigenvalue weighted by Crippen LogP contribution is 2.39. The van der Waals surface area contributed by atoms with Gasteiger partial charge in [0.05, 0.1) is 17.9 Å². The van der Waals surface area contributed by atoms with Crippen molar-refractivity contribution >= 4 is 22.7 Å². The van der Waals surface area contributed by atoms with Crippen LogP contribution in [0.4, 0.5) is 11.8 Å². The Labute approximate surface area is 194 Å². The lowest BCUT2D eigenvalue weighted by Crippen LogP contribution is -2.19. The molecule has 176 valence electrons. The summed E-state index contributed by atoms with van der Waals surface area (Å²) >= 11 is 0. The lowest BCUT2D eigenvalue weighted by molar-refractivity contribution is 0.229.